The molecule has 0 spiro atoms. The molecule has 0 saturated heterocycles. The van der Waals surface area contributed by atoms with Crippen molar-refractivity contribution in [2.24, 2.45) is 0 Å². The molecule has 1 unspecified atom stereocenters. The molecule has 0 fully saturated rings. The van der Waals surface area contributed by atoms with Crippen LogP contribution in [0, 0.1) is 0 Å². The molecule has 0 aromatic heterocycles. The predicted molar refractivity (Wildman–Crippen MR) is 56.1 cm³/mol. The monoisotopic (exact) mass is 436 g/mol. The zero-order valence-corrected chi connectivity index (χ0v) is 9.71. The fourth-order valence-corrected chi connectivity index (χ4v) is 1.26. The van der Waals surface area contributed by atoms with Crippen LogP contribution in [0.25, 0.3) is 0 Å². The number of hydrogen-bond acceptors (Lipinski definition) is 1. The van der Waals surface area contributed by atoms with E-state index < -0.39 is 0 Å². The standard InChI is InChI=1S/C3H3I3O/c4-1-2(5)3(6)7/h1,3,7H. The molecule has 0 aliphatic heterocycles. The first-order valence-corrected chi connectivity index (χ1v) is 5.03. The average Bonchev–Trinajstić information content (AvgIpc) is 1.65. The van der Waals surface area contributed by atoms with E-state index in [1.54, 1.807) is 0 Å². The van der Waals surface area contributed by atoms with Crippen LogP contribution in [0.1, 0.15) is 0 Å². The number of aliphatic hydroxyl groups excluding tert-OH is 1. The van der Waals surface area contributed by atoms with Crippen molar-refractivity contribution in [1.29, 1.82) is 0 Å². The highest BCUT2D eigenvalue weighted by molar-refractivity contribution is 14.1. The third-order valence-electron chi connectivity index (χ3n) is 0.332. The van der Waals surface area contributed by atoms with Gasteiger partial charge in [0.05, 0.1) is 0 Å². The van der Waals surface area contributed by atoms with Gasteiger partial charge in [-0.25, -0.2) is 0 Å². The topological polar surface area (TPSA) is 20.2 Å². The molecule has 0 aromatic carbocycles. The van der Waals surface area contributed by atoms with Crippen molar-refractivity contribution in [2.45, 2.75) is 4.11 Å². The van der Waals surface area contributed by atoms with Crippen LogP contribution in [0.15, 0.2) is 7.66 Å². The molecule has 1 N–H and O–H groups in total. The fourth-order valence-electron chi connectivity index (χ4n) is 0.0520. The molecule has 1 nitrogen and oxygen atoms in total. The summed E-state index contributed by atoms with van der Waals surface area (Å²) in [5.41, 5.74) is 0. The third-order valence-corrected chi connectivity index (χ3v) is 4.96. The highest BCUT2D eigenvalue weighted by atomic mass is 127. The Labute approximate surface area is 83.4 Å². The van der Waals surface area contributed by atoms with Gasteiger partial charge in [-0.1, -0.05) is 22.6 Å². The summed E-state index contributed by atoms with van der Waals surface area (Å²) in [4.78, 5) is 0. The van der Waals surface area contributed by atoms with E-state index in [2.05, 4.69) is 45.2 Å². The van der Waals surface area contributed by atoms with Gasteiger partial charge in [0.2, 0.25) is 0 Å². The van der Waals surface area contributed by atoms with E-state index in [4.69, 9.17) is 5.11 Å². The Morgan fingerprint density at radius 3 is 2.14 bits per heavy atom. The van der Waals surface area contributed by atoms with E-state index in [0.717, 1.165) is 3.58 Å². The van der Waals surface area contributed by atoms with Crippen LogP contribution in [0.2, 0.25) is 0 Å². The second-order valence-electron chi connectivity index (χ2n) is 0.830. The second kappa shape index (κ2) is 4.74. The Morgan fingerprint density at radius 1 is 1.71 bits per heavy atom. The summed E-state index contributed by atoms with van der Waals surface area (Å²) in [6, 6.07) is 0. The molecule has 0 amide bonds. The van der Waals surface area contributed by atoms with Crippen LogP contribution in [-0.4, -0.2) is 9.22 Å². The Balaban J connectivity index is 3.56. The minimum absolute atomic E-state index is 0.324. The highest BCUT2D eigenvalue weighted by Crippen LogP contribution is 2.18. The molecule has 0 aliphatic carbocycles. The summed E-state index contributed by atoms with van der Waals surface area (Å²) < 4.78 is 2.50. The largest absolute Gasteiger partial charge is 0.378 e. The van der Waals surface area contributed by atoms with Crippen molar-refractivity contribution in [2.75, 3.05) is 0 Å². The minimum atomic E-state index is -0.324. The first-order chi connectivity index (χ1) is 3.18. The Hall–Kier alpha value is 1.89. The maximum absolute atomic E-state index is 8.73. The van der Waals surface area contributed by atoms with Crippen LogP contribution >= 0.6 is 67.8 Å². The number of halogens is 3. The molecule has 0 aromatic rings. The highest BCUT2D eigenvalue weighted by Gasteiger charge is 1.97. The maximum Gasteiger partial charge on any atom is 0.136 e. The van der Waals surface area contributed by atoms with Gasteiger partial charge in [-0.15, -0.1) is 0 Å². The normalized spacial score (nSPS) is 16.9. The SMILES string of the molecule is OC(I)C(I)=CI. The van der Waals surface area contributed by atoms with E-state index in [9.17, 15) is 0 Å². The molecule has 7 heavy (non-hydrogen) atoms. The maximum atomic E-state index is 8.73. The first kappa shape index (κ1) is 8.89. The summed E-state index contributed by atoms with van der Waals surface area (Å²) >= 11 is 6.13. The quantitative estimate of drug-likeness (QED) is 0.495. The molecule has 0 heterocycles. The molecule has 42 valence electrons. The molecule has 0 saturated carbocycles. The fraction of sp³-hybridized carbons (Fsp3) is 0.333. The molecule has 1 atom stereocenters. The average molecular weight is 436 g/mol. The lowest BCUT2D eigenvalue weighted by atomic mass is 10.7. The second-order valence-corrected chi connectivity index (χ2v) is 3.88. The van der Waals surface area contributed by atoms with Gasteiger partial charge in [0.25, 0.3) is 0 Å². The molecule has 0 radical (unpaired) electrons. The van der Waals surface area contributed by atoms with Crippen molar-refractivity contribution in [3.63, 3.8) is 0 Å². The van der Waals surface area contributed by atoms with Crippen molar-refractivity contribution in [3.05, 3.63) is 7.66 Å². The molecule has 0 aliphatic rings. The van der Waals surface area contributed by atoms with Crippen LogP contribution in [0.4, 0.5) is 0 Å². The van der Waals surface area contributed by atoms with Gasteiger partial charge in [-0.3, -0.25) is 0 Å². The molecular weight excluding hydrogens is 433 g/mol. The van der Waals surface area contributed by atoms with Gasteiger partial charge < -0.3 is 5.11 Å². The lowest BCUT2D eigenvalue weighted by Crippen LogP contribution is -1.90. The summed E-state index contributed by atoms with van der Waals surface area (Å²) in [5.74, 6) is 0. The third kappa shape index (κ3) is 4.40. The van der Waals surface area contributed by atoms with Crippen molar-refractivity contribution < 1.29 is 5.11 Å². The van der Waals surface area contributed by atoms with Crippen molar-refractivity contribution >= 4 is 67.8 Å². The van der Waals surface area contributed by atoms with E-state index in [1.165, 1.54) is 0 Å². The van der Waals surface area contributed by atoms with Crippen LogP contribution in [0.5, 0.6) is 0 Å². The van der Waals surface area contributed by atoms with Crippen molar-refractivity contribution in [3.8, 4) is 0 Å². The van der Waals surface area contributed by atoms with Gasteiger partial charge in [-0.2, -0.15) is 0 Å². The zero-order valence-electron chi connectivity index (χ0n) is 3.24. The van der Waals surface area contributed by atoms with E-state index in [1.807, 2.05) is 26.7 Å². The smallest absolute Gasteiger partial charge is 0.136 e. The summed E-state index contributed by atoms with van der Waals surface area (Å²) in [6.07, 6.45) is 0. The summed E-state index contributed by atoms with van der Waals surface area (Å²) in [7, 11) is 0. The Bertz CT molecular complexity index is 78.2. The van der Waals surface area contributed by atoms with Crippen LogP contribution in [0.3, 0.4) is 0 Å². The van der Waals surface area contributed by atoms with Crippen molar-refractivity contribution in [1.82, 2.24) is 0 Å². The van der Waals surface area contributed by atoms with Gasteiger partial charge in [0.15, 0.2) is 0 Å². The molecule has 0 bridgehead atoms. The number of rotatable bonds is 1. The molecule has 0 rings (SSSR count). The Kier molecular flexibility index (Phi) is 6.02. The van der Waals surface area contributed by atoms with Crippen LogP contribution in [-0.2, 0) is 0 Å². The number of hydrogen-bond donors (Lipinski definition) is 1. The van der Waals surface area contributed by atoms with Gasteiger partial charge in [0.1, 0.15) is 4.11 Å². The van der Waals surface area contributed by atoms with Crippen LogP contribution < -0.4 is 0 Å². The zero-order chi connectivity index (χ0) is 5.86. The van der Waals surface area contributed by atoms with Gasteiger partial charge in [0, 0.05) is 3.58 Å². The summed E-state index contributed by atoms with van der Waals surface area (Å²) in [5, 5.41) is 8.73. The number of aliphatic hydroxyl groups is 1. The molecular formula is C3H3I3O. The van der Waals surface area contributed by atoms with E-state index in [0.29, 0.717) is 0 Å². The summed E-state index contributed by atoms with van der Waals surface area (Å²) in [6.45, 7) is 0. The minimum Gasteiger partial charge on any atom is -0.378 e. The van der Waals surface area contributed by atoms with E-state index in [-0.39, 0.29) is 4.11 Å². The Morgan fingerprint density at radius 2 is 2.14 bits per heavy atom. The number of alkyl halides is 1. The van der Waals surface area contributed by atoms with E-state index >= 15 is 0 Å². The van der Waals surface area contributed by atoms with Gasteiger partial charge >= 0.3 is 0 Å². The lowest BCUT2D eigenvalue weighted by Gasteiger charge is -1.94. The lowest BCUT2D eigenvalue weighted by molar-refractivity contribution is 0.323. The predicted octanol–water partition coefficient (Wildman–Crippen LogP) is 2.45. The van der Waals surface area contributed by atoms with Gasteiger partial charge in [-0.05, 0) is 49.3 Å². The molecule has 4 heteroatoms. The first-order valence-electron chi connectivity index (χ1n) is 1.46.